The van der Waals surface area contributed by atoms with E-state index in [1.54, 1.807) is 6.92 Å². The van der Waals surface area contributed by atoms with E-state index in [1.165, 1.54) is 0 Å². The first-order chi connectivity index (χ1) is 23.3. The van der Waals surface area contributed by atoms with Crippen LogP contribution >= 0.6 is 0 Å². The molecule has 0 saturated heterocycles. The summed E-state index contributed by atoms with van der Waals surface area (Å²) in [5, 5.41) is 18.8. The van der Waals surface area contributed by atoms with Crippen LogP contribution in [0.4, 0.5) is 0 Å². The number of aromatic nitrogens is 4. The molecule has 0 saturated carbocycles. The van der Waals surface area contributed by atoms with Gasteiger partial charge in [-0.05, 0) is 36.6 Å². The number of ether oxygens (including phenoxy) is 9. The highest BCUT2D eigenvalue weighted by Crippen LogP contribution is 2.18. The Labute approximate surface area is 284 Å². The largest absolute Gasteiger partial charge is 0.491 e. The van der Waals surface area contributed by atoms with E-state index in [-0.39, 0.29) is 11.3 Å². The van der Waals surface area contributed by atoms with E-state index < -0.39 is 0 Å². The van der Waals surface area contributed by atoms with E-state index in [1.807, 2.05) is 24.3 Å². The third-order valence-corrected chi connectivity index (χ3v) is 6.08. The lowest BCUT2D eigenvalue weighted by molar-refractivity contribution is -0.122. The van der Waals surface area contributed by atoms with Crippen LogP contribution in [0.1, 0.15) is 33.0 Å². The van der Waals surface area contributed by atoms with E-state index in [0.29, 0.717) is 137 Å². The molecule has 0 bridgehead atoms. The number of nitrogens with one attached hydrogen (secondary N) is 1. The van der Waals surface area contributed by atoms with Crippen molar-refractivity contribution in [1.29, 1.82) is 0 Å². The Morgan fingerprint density at radius 1 is 0.562 bits per heavy atom. The average Bonchev–Trinajstić information content (AvgIpc) is 3.07. The fourth-order valence-corrected chi connectivity index (χ4v) is 3.57. The monoisotopic (exact) mass is 681 g/mol. The number of amides is 1. The van der Waals surface area contributed by atoms with Crippen LogP contribution < -0.4 is 10.1 Å². The van der Waals surface area contributed by atoms with Gasteiger partial charge in [0.2, 0.25) is 11.7 Å². The minimum atomic E-state index is 0.00415. The number of carbonyl (C=O) groups excluding carboxylic acids is 1. The van der Waals surface area contributed by atoms with E-state index >= 15 is 0 Å². The molecule has 1 N–H and O–H groups in total. The zero-order valence-electron chi connectivity index (χ0n) is 29.1. The van der Waals surface area contributed by atoms with Crippen LogP contribution in [0, 0.1) is 12.3 Å². The quantitative estimate of drug-likeness (QED) is 0.120. The Kier molecular flexibility index (Phi) is 23.2. The number of aryl methyl sites for hydroxylation is 1. The fourth-order valence-electron chi connectivity index (χ4n) is 3.57. The number of carbonyl (C=O) groups is 1. The highest BCUT2D eigenvalue weighted by Gasteiger charge is 2.11. The van der Waals surface area contributed by atoms with Gasteiger partial charge in [-0.3, -0.25) is 4.79 Å². The van der Waals surface area contributed by atoms with Gasteiger partial charge in [0.1, 0.15) is 12.4 Å². The summed E-state index contributed by atoms with van der Waals surface area (Å²) in [5.74, 6) is 1.74. The second kappa shape index (κ2) is 27.0. The summed E-state index contributed by atoms with van der Waals surface area (Å²) < 4.78 is 49.5. The van der Waals surface area contributed by atoms with Gasteiger partial charge in [-0.2, -0.15) is 0 Å². The highest BCUT2D eigenvalue weighted by molar-refractivity contribution is 5.75. The van der Waals surface area contributed by atoms with Crippen LogP contribution in [-0.2, 0) is 42.7 Å². The summed E-state index contributed by atoms with van der Waals surface area (Å²) in [6.45, 7) is 16.7. The molecule has 1 heterocycles. The maximum Gasteiger partial charge on any atom is 0.222 e. The number of hydrogen-bond acceptors (Lipinski definition) is 14. The molecule has 2 rings (SSSR count). The van der Waals surface area contributed by atoms with Gasteiger partial charge in [0.15, 0.2) is 5.82 Å². The predicted octanol–water partition coefficient (Wildman–Crippen LogP) is 2.31. The van der Waals surface area contributed by atoms with E-state index in [9.17, 15) is 4.79 Å². The van der Waals surface area contributed by atoms with Gasteiger partial charge in [-0.25, -0.2) is 0 Å². The second-order valence-corrected chi connectivity index (χ2v) is 11.6. The van der Waals surface area contributed by atoms with Gasteiger partial charge in [0.25, 0.3) is 0 Å². The third-order valence-electron chi connectivity index (χ3n) is 6.08. The van der Waals surface area contributed by atoms with Gasteiger partial charge in [-0.15, -0.1) is 20.4 Å². The molecule has 1 aromatic heterocycles. The summed E-state index contributed by atoms with van der Waals surface area (Å²) in [6, 6.07) is 7.42. The van der Waals surface area contributed by atoms with Gasteiger partial charge in [0, 0.05) is 18.5 Å². The zero-order valence-corrected chi connectivity index (χ0v) is 29.1. The minimum Gasteiger partial charge on any atom is -0.491 e. The van der Waals surface area contributed by atoms with E-state index in [4.69, 9.17) is 42.6 Å². The van der Waals surface area contributed by atoms with E-state index in [0.717, 1.165) is 11.3 Å². The summed E-state index contributed by atoms with van der Waals surface area (Å²) in [7, 11) is 0. The molecule has 0 atom stereocenters. The molecule has 1 amide bonds. The molecular formula is C33H55N5O10. The molecule has 0 fully saturated rings. The summed E-state index contributed by atoms with van der Waals surface area (Å²) >= 11 is 0. The minimum absolute atomic E-state index is 0.00415. The van der Waals surface area contributed by atoms with Crippen molar-refractivity contribution in [3.63, 3.8) is 0 Å². The Morgan fingerprint density at radius 2 is 0.938 bits per heavy atom. The van der Waals surface area contributed by atoms with Crippen molar-refractivity contribution in [3.05, 3.63) is 30.1 Å². The van der Waals surface area contributed by atoms with Crippen LogP contribution in [-0.4, -0.2) is 145 Å². The lowest BCUT2D eigenvalue weighted by atomic mass is 9.97. The first kappa shape index (κ1) is 41.3. The Morgan fingerprint density at radius 3 is 1.33 bits per heavy atom. The van der Waals surface area contributed by atoms with Crippen LogP contribution in [0.2, 0.25) is 0 Å². The molecule has 0 aliphatic carbocycles. The van der Waals surface area contributed by atoms with Crippen LogP contribution in [0.15, 0.2) is 24.3 Å². The molecule has 2 aromatic rings. The average molecular weight is 682 g/mol. The number of benzene rings is 1. The third kappa shape index (κ3) is 23.4. The molecule has 1 aromatic carbocycles. The van der Waals surface area contributed by atoms with Crippen molar-refractivity contribution >= 4 is 5.91 Å². The molecule has 0 aliphatic heterocycles. The number of nitrogens with zero attached hydrogens (tertiary/aromatic N) is 4. The summed E-state index contributed by atoms with van der Waals surface area (Å²) in [5.41, 5.74) is 0.896. The summed E-state index contributed by atoms with van der Waals surface area (Å²) in [4.78, 5) is 11.7. The van der Waals surface area contributed by atoms with Crippen molar-refractivity contribution < 1.29 is 47.4 Å². The van der Waals surface area contributed by atoms with Crippen LogP contribution in [0.25, 0.3) is 11.4 Å². The molecule has 48 heavy (non-hydrogen) atoms. The molecule has 0 spiro atoms. The maximum atomic E-state index is 11.7. The normalized spacial score (nSPS) is 11.6. The molecule has 0 unspecified atom stereocenters. The lowest BCUT2D eigenvalue weighted by Gasteiger charge is -2.18. The Balaban J connectivity index is 1.22. The molecule has 272 valence electrons. The standard InChI is InChI=1S/C33H55N5O10/c1-28-35-37-32(38-36-28)29-5-7-30(8-6-29)48-26-25-47-24-23-46-22-21-45-20-19-44-18-17-43-16-15-42-14-13-41-12-11-40-10-9-31(39)34-27-33(2,3)4/h5-8H,9-27H2,1-4H3,(H,34,39). The zero-order chi connectivity index (χ0) is 34.5. The smallest absolute Gasteiger partial charge is 0.222 e. The highest BCUT2D eigenvalue weighted by atomic mass is 16.6. The fraction of sp³-hybridized carbons (Fsp3) is 0.727. The topological polar surface area (TPSA) is 164 Å². The molecule has 15 heteroatoms. The van der Waals surface area contributed by atoms with Gasteiger partial charge in [-0.1, -0.05) is 20.8 Å². The number of rotatable bonds is 30. The van der Waals surface area contributed by atoms with Crippen molar-refractivity contribution in [2.24, 2.45) is 5.41 Å². The van der Waals surface area contributed by atoms with Crippen LogP contribution in [0.3, 0.4) is 0 Å². The molecule has 0 radical (unpaired) electrons. The first-order valence-corrected chi connectivity index (χ1v) is 16.5. The van der Waals surface area contributed by atoms with Crippen molar-refractivity contribution in [3.8, 4) is 17.1 Å². The Hall–Kier alpha value is -2.89. The second-order valence-electron chi connectivity index (χ2n) is 11.6. The van der Waals surface area contributed by atoms with Gasteiger partial charge >= 0.3 is 0 Å². The van der Waals surface area contributed by atoms with Crippen molar-refractivity contribution in [2.45, 2.75) is 34.1 Å². The predicted molar refractivity (Wildman–Crippen MR) is 177 cm³/mol. The van der Waals surface area contributed by atoms with Gasteiger partial charge < -0.3 is 47.9 Å². The van der Waals surface area contributed by atoms with E-state index in [2.05, 4.69) is 46.5 Å². The molecule has 0 aliphatic rings. The first-order valence-electron chi connectivity index (χ1n) is 16.5. The van der Waals surface area contributed by atoms with Crippen molar-refractivity contribution in [2.75, 3.05) is 119 Å². The SMILES string of the molecule is Cc1nnc(-c2ccc(OCCOCCOCCOCCOCCOCCOCCOCCOCCC(=O)NCC(C)(C)C)cc2)nn1. The summed E-state index contributed by atoms with van der Waals surface area (Å²) in [6.07, 6.45) is 0.354. The van der Waals surface area contributed by atoms with Crippen molar-refractivity contribution in [1.82, 2.24) is 25.7 Å². The molecular weight excluding hydrogens is 626 g/mol. The molecule has 15 nitrogen and oxygen atoms in total. The van der Waals surface area contributed by atoms with Gasteiger partial charge in [0.05, 0.1) is 106 Å². The maximum absolute atomic E-state index is 11.7. The lowest BCUT2D eigenvalue weighted by Crippen LogP contribution is -2.32. The Bertz CT molecular complexity index is 1060. The number of hydrogen-bond donors (Lipinski definition) is 1. The van der Waals surface area contributed by atoms with Crippen LogP contribution in [0.5, 0.6) is 5.75 Å².